The molecule has 0 radical (unpaired) electrons. The average Bonchev–Trinajstić information content (AvgIpc) is 3.54. The Hall–Kier alpha value is -4.36. The van der Waals surface area contributed by atoms with Gasteiger partial charge in [0.2, 0.25) is 0 Å². The molecule has 6 rings (SSSR count). The van der Waals surface area contributed by atoms with E-state index in [4.69, 9.17) is 9.84 Å². The van der Waals surface area contributed by atoms with Crippen LogP contribution in [-0.4, -0.2) is 34.0 Å². The van der Waals surface area contributed by atoms with Gasteiger partial charge in [0.25, 0.3) is 5.91 Å². The summed E-state index contributed by atoms with van der Waals surface area (Å²) in [5.41, 5.74) is 3.59. The van der Waals surface area contributed by atoms with Gasteiger partial charge in [-0.2, -0.15) is 10.1 Å². The topological polar surface area (TPSA) is 74.5 Å². The highest BCUT2D eigenvalue weighted by Gasteiger charge is 2.36. The monoisotopic (exact) mass is 505 g/mol. The number of amidine groups is 1. The number of para-hydroxylation sites is 1. The standard InChI is InChI=1S/C30H23N3O3S/c1-36-24-14-12-20(13-15-24)26-18-25(22-11-10-19-6-2-3-7-21(19)16-22)32-33(26)30-31-29(35)28(37-30)17-23-8-4-5-9-27(23)34/h2-17,26,34H,18H2,1H3/b28-17-. The third-order valence-electron chi connectivity index (χ3n) is 6.52. The van der Waals surface area contributed by atoms with Crippen LogP contribution < -0.4 is 4.74 Å². The van der Waals surface area contributed by atoms with Crippen molar-refractivity contribution in [3.05, 3.63) is 113 Å². The maximum Gasteiger partial charge on any atom is 0.286 e. The molecule has 0 aliphatic carbocycles. The molecule has 37 heavy (non-hydrogen) atoms. The molecule has 4 aromatic rings. The highest BCUT2D eigenvalue weighted by atomic mass is 32.2. The van der Waals surface area contributed by atoms with Crippen LogP contribution in [0.2, 0.25) is 0 Å². The number of nitrogens with zero attached hydrogens (tertiary/aromatic N) is 3. The Morgan fingerprint density at radius 3 is 2.51 bits per heavy atom. The van der Waals surface area contributed by atoms with Crippen LogP contribution in [0.4, 0.5) is 0 Å². The average molecular weight is 506 g/mol. The molecule has 2 aliphatic heterocycles. The third kappa shape index (κ3) is 4.49. The van der Waals surface area contributed by atoms with E-state index in [9.17, 15) is 9.90 Å². The van der Waals surface area contributed by atoms with Gasteiger partial charge in [0.15, 0.2) is 5.17 Å². The summed E-state index contributed by atoms with van der Waals surface area (Å²) in [5.74, 6) is 0.552. The van der Waals surface area contributed by atoms with Gasteiger partial charge in [0, 0.05) is 12.0 Å². The lowest BCUT2D eigenvalue weighted by molar-refractivity contribution is -0.113. The lowest BCUT2D eigenvalue weighted by Crippen LogP contribution is -2.23. The Labute approximate surface area is 218 Å². The molecule has 2 heterocycles. The zero-order valence-electron chi connectivity index (χ0n) is 20.0. The van der Waals surface area contributed by atoms with Crippen LogP contribution in [0, 0.1) is 0 Å². The van der Waals surface area contributed by atoms with Crippen LogP contribution in [0.25, 0.3) is 16.8 Å². The molecular formula is C30H23N3O3S. The third-order valence-corrected chi connectivity index (χ3v) is 7.50. The number of carbonyl (C=O) groups excluding carboxylic acids is 1. The summed E-state index contributed by atoms with van der Waals surface area (Å²) in [7, 11) is 1.64. The highest BCUT2D eigenvalue weighted by Crippen LogP contribution is 2.40. The fraction of sp³-hybridized carbons (Fsp3) is 0.100. The summed E-state index contributed by atoms with van der Waals surface area (Å²) in [5, 5.41) is 19.8. The predicted molar refractivity (Wildman–Crippen MR) is 149 cm³/mol. The molecule has 0 saturated carbocycles. The number of hydrogen-bond acceptors (Lipinski definition) is 6. The summed E-state index contributed by atoms with van der Waals surface area (Å²) in [6.07, 6.45) is 2.34. The van der Waals surface area contributed by atoms with Crippen molar-refractivity contribution < 1.29 is 14.6 Å². The van der Waals surface area contributed by atoms with E-state index in [1.807, 2.05) is 47.5 Å². The van der Waals surface area contributed by atoms with E-state index >= 15 is 0 Å². The number of benzene rings is 4. The molecule has 0 saturated heterocycles. The van der Waals surface area contributed by atoms with Crippen LogP contribution in [0.5, 0.6) is 11.5 Å². The van der Waals surface area contributed by atoms with Crippen molar-refractivity contribution in [3.63, 3.8) is 0 Å². The lowest BCUT2D eigenvalue weighted by Gasteiger charge is -2.22. The van der Waals surface area contributed by atoms with Gasteiger partial charge >= 0.3 is 0 Å². The van der Waals surface area contributed by atoms with Crippen LogP contribution >= 0.6 is 11.8 Å². The molecule has 0 bridgehead atoms. The summed E-state index contributed by atoms with van der Waals surface area (Å²) in [6, 6.07) is 29.3. The van der Waals surface area contributed by atoms with Crippen LogP contribution in [-0.2, 0) is 4.79 Å². The number of aliphatic imine (C=N–C) groups is 1. The van der Waals surface area contributed by atoms with Crippen molar-refractivity contribution in [1.29, 1.82) is 0 Å². The number of hydrogen-bond donors (Lipinski definition) is 1. The number of phenolic OH excluding ortho intramolecular Hbond substituents is 1. The number of hydrazone groups is 1. The molecule has 7 heteroatoms. The first-order chi connectivity index (χ1) is 18.1. The van der Waals surface area contributed by atoms with Crippen LogP contribution in [0.15, 0.2) is 106 Å². The van der Waals surface area contributed by atoms with Crippen LogP contribution in [0.3, 0.4) is 0 Å². The van der Waals surface area contributed by atoms with Gasteiger partial charge in [-0.1, -0.05) is 66.7 Å². The zero-order chi connectivity index (χ0) is 25.4. The number of aromatic hydroxyl groups is 1. The maximum absolute atomic E-state index is 12.8. The van der Waals surface area contributed by atoms with Crippen molar-refractivity contribution in [3.8, 4) is 11.5 Å². The quantitative estimate of drug-likeness (QED) is 0.326. The van der Waals surface area contributed by atoms with E-state index in [1.54, 1.807) is 31.4 Å². The molecule has 1 unspecified atom stereocenters. The second kappa shape index (κ2) is 9.59. The van der Waals surface area contributed by atoms with Crippen molar-refractivity contribution >= 4 is 45.4 Å². The number of fused-ring (bicyclic) bond motifs is 1. The van der Waals surface area contributed by atoms with Gasteiger partial charge in [0.05, 0.1) is 23.8 Å². The number of phenols is 1. The first-order valence-electron chi connectivity index (χ1n) is 11.9. The number of carbonyl (C=O) groups is 1. The van der Waals surface area contributed by atoms with Gasteiger partial charge in [-0.15, -0.1) is 0 Å². The van der Waals surface area contributed by atoms with E-state index in [-0.39, 0.29) is 17.7 Å². The highest BCUT2D eigenvalue weighted by molar-refractivity contribution is 8.18. The normalized spacial score (nSPS) is 18.4. The molecule has 1 amide bonds. The van der Waals surface area contributed by atoms with Gasteiger partial charge in [-0.25, -0.2) is 5.01 Å². The summed E-state index contributed by atoms with van der Waals surface area (Å²) in [6.45, 7) is 0. The van der Waals surface area contributed by atoms with Gasteiger partial charge in [-0.3, -0.25) is 4.79 Å². The molecule has 4 aromatic carbocycles. The molecular weight excluding hydrogens is 482 g/mol. The Morgan fingerprint density at radius 2 is 1.73 bits per heavy atom. The first-order valence-corrected chi connectivity index (χ1v) is 12.7. The Bertz CT molecular complexity index is 1610. The fourth-order valence-electron chi connectivity index (χ4n) is 4.56. The number of methoxy groups -OCH3 is 1. The Kier molecular flexibility index (Phi) is 5.98. The predicted octanol–water partition coefficient (Wildman–Crippen LogP) is 6.38. The minimum Gasteiger partial charge on any atom is -0.507 e. The molecule has 6 nitrogen and oxygen atoms in total. The summed E-state index contributed by atoms with van der Waals surface area (Å²) in [4.78, 5) is 17.6. The molecule has 182 valence electrons. The van der Waals surface area contributed by atoms with Crippen molar-refractivity contribution in [2.24, 2.45) is 10.1 Å². The minimum absolute atomic E-state index is 0.116. The van der Waals surface area contributed by atoms with E-state index in [1.165, 1.54) is 17.1 Å². The summed E-state index contributed by atoms with van der Waals surface area (Å²) >= 11 is 1.27. The Balaban J connectivity index is 1.37. The SMILES string of the molecule is COc1ccc(C2CC(c3ccc4ccccc4c3)=NN2C2=NC(=O)/C(=C/c3ccccc3O)S2)cc1. The molecule has 1 N–H and O–H groups in total. The zero-order valence-corrected chi connectivity index (χ0v) is 20.9. The van der Waals surface area contributed by atoms with Crippen molar-refractivity contribution in [1.82, 2.24) is 5.01 Å². The summed E-state index contributed by atoms with van der Waals surface area (Å²) < 4.78 is 5.34. The molecule has 2 aliphatic rings. The van der Waals surface area contributed by atoms with Crippen LogP contribution in [0.1, 0.15) is 29.2 Å². The molecule has 0 fully saturated rings. The number of ether oxygens (including phenoxy) is 1. The van der Waals surface area contributed by atoms with E-state index in [0.717, 1.165) is 28.0 Å². The molecule has 0 spiro atoms. The largest absolute Gasteiger partial charge is 0.507 e. The Morgan fingerprint density at radius 1 is 0.973 bits per heavy atom. The fourth-order valence-corrected chi connectivity index (χ4v) is 5.47. The lowest BCUT2D eigenvalue weighted by atomic mass is 9.97. The second-order valence-electron chi connectivity index (χ2n) is 8.82. The van der Waals surface area contributed by atoms with Crippen molar-refractivity contribution in [2.45, 2.75) is 12.5 Å². The van der Waals surface area contributed by atoms with E-state index < -0.39 is 0 Å². The molecule has 0 aromatic heterocycles. The van der Waals surface area contributed by atoms with E-state index in [0.29, 0.717) is 22.1 Å². The molecule has 1 atom stereocenters. The first kappa shape index (κ1) is 23.1. The van der Waals surface area contributed by atoms with E-state index in [2.05, 4.69) is 35.3 Å². The minimum atomic E-state index is -0.342. The smallest absolute Gasteiger partial charge is 0.286 e. The number of amides is 1. The van der Waals surface area contributed by atoms with Gasteiger partial charge in [-0.05, 0) is 64.0 Å². The van der Waals surface area contributed by atoms with Gasteiger partial charge < -0.3 is 9.84 Å². The maximum atomic E-state index is 12.8. The number of thioether (sulfide) groups is 1. The number of rotatable bonds is 4. The second-order valence-corrected chi connectivity index (χ2v) is 9.82. The van der Waals surface area contributed by atoms with Gasteiger partial charge in [0.1, 0.15) is 11.5 Å². The van der Waals surface area contributed by atoms with Crippen molar-refractivity contribution in [2.75, 3.05) is 7.11 Å².